The maximum Gasteiger partial charge on any atom is 0.254 e. The summed E-state index contributed by atoms with van der Waals surface area (Å²) in [6, 6.07) is 10.3. The molecule has 0 saturated heterocycles. The third-order valence-corrected chi connectivity index (χ3v) is 3.29. The first-order chi connectivity index (χ1) is 9.99. The smallest absolute Gasteiger partial charge is 0.254 e. The summed E-state index contributed by atoms with van der Waals surface area (Å²) in [5.74, 6) is 0.423. The summed E-state index contributed by atoms with van der Waals surface area (Å²) in [6.45, 7) is 3.33. The average molecular weight is 286 g/mol. The van der Waals surface area contributed by atoms with Crippen molar-refractivity contribution >= 4 is 17.5 Å². The number of rotatable bonds is 4. The number of carbonyl (C=O) groups excluding carboxylic acids is 2. The van der Waals surface area contributed by atoms with Crippen molar-refractivity contribution in [3.8, 4) is 0 Å². The summed E-state index contributed by atoms with van der Waals surface area (Å²) in [6.07, 6.45) is 1.58. The van der Waals surface area contributed by atoms with Crippen molar-refractivity contribution < 1.29 is 14.0 Å². The minimum atomic E-state index is -0.170. The van der Waals surface area contributed by atoms with Crippen LogP contribution >= 0.6 is 0 Å². The van der Waals surface area contributed by atoms with Crippen molar-refractivity contribution in [2.24, 2.45) is 0 Å². The second kappa shape index (κ2) is 6.26. The Bertz CT molecular complexity index is 635. The molecule has 1 heterocycles. The lowest BCUT2D eigenvalue weighted by molar-refractivity contribution is -0.114. The van der Waals surface area contributed by atoms with Gasteiger partial charge in [-0.15, -0.1) is 0 Å². The van der Waals surface area contributed by atoms with E-state index in [4.69, 9.17) is 4.42 Å². The molecule has 0 spiro atoms. The number of amides is 2. The molecular weight excluding hydrogens is 268 g/mol. The predicted molar refractivity (Wildman–Crippen MR) is 80.0 cm³/mol. The fraction of sp³-hybridized carbons (Fsp3) is 0.250. The lowest BCUT2D eigenvalue weighted by atomic mass is 10.1. The van der Waals surface area contributed by atoms with Crippen LogP contribution in [0.1, 0.15) is 36.0 Å². The second-order valence-electron chi connectivity index (χ2n) is 4.87. The van der Waals surface area contributed by atoms with Gasteiger partial charge in [0.05, 0.1) is 12.3 Å². The monoisotopic (exact) mass is 286 g/mol. The molecule has 0 radical (unpaired) electrons. The zero-order valence-electron chi connectivity index (χ0n) is 12.3. The van der Waals surface area contributed by atoms with Crippen LogP contribution in [0.5, 0.6) is 0 Å². The van der Waals surface area contributed by atoms with E-state index in [1.165, 1.54) is 6.92 Å². The lowest BCUT2D eigenvalue weighted by Gasteiger charge is -2.23. The van der Waals surface area contributed by atoms with Gasteiger partial charge in [0.15, 0.2) is 0 Å². The number of benzene rings is 1. The Hall–Kier alpha value is -2.56. The molecule has 21 heavy (non-hydrogen) atoms. The molecule has 2 rings (SSSR count). The van der Waals surface area contributed by atoms with Crippen LogP contribution in [0.4, 0.5) is 5.69 Å². The Kier molecular flexibility index (Phi) is 4.42. The Labute approximate surface area is 123 Å². The van der Waals surface area contributed by atoms with E-state index in [1.807, 2.05) is 13.0 Å². The number of anilines is 1. The van der Waals surface area contributed by atoms with Crippen LogP contribution in [0.3, 0.4) is 0 Å². The molecule has 1 aromatic carbocycles. The van der Waals surface area contributed by atoms with Crippen molar-refractivity contribution in [1.29, 1.82) is 0 Å². The maximum absolute atomic E-state index is 12.5. The molecule has 2 amide bonds. The largest absolute Gasteiger partial charge is 0.467 e. The quantitative estimate of drug-likeness (QED) is 0.939. The first kappa shape index (κ1) is 14.8. The van der Waals surface area contributed by atoms with Crippen molar-refractivity contribution in [2.75, 3.05) is 12.4 Å². The van der Waals surface area contributed by atoms with Crippen molar-refractivity contribution in [3.05, 3.63) is 54.0 Å². The van der Waals surface area contributed by atoms with Crippen molar-refractivity contribution in [3.63, 3.8) is 0 Å². The van der Waals surface area contributed by atoms with Crippen LogP contribution < -0.4 is 5.32 Å². The van der Waals surface area contributed by atoms with Crippen LogP contribution in [0.15, 0.2) is 47.1 Å². The molecule has 110 valence electrons. The van der Waals surface area contributed by atoms with Gasteiger partial charge in [0, 0.05) is 25.2 Å². The molecule has 0 aliphatic carbocycles. The number of hydrogen-bond acceptors (Lipinski definition) is 3. The van der Waals surface area contributed by atoms with Gasteiger partial charge in [-0.25, -0.2) is 0 Å². The first-order valence-electron chi connectivity index (χ1n) is 6.67. The van der Waals surface area contributed by atoms with Crippen LogP contribution in [0, 0.1) is 0 Å². The minimum absolute atomic E-state index is 0.133. The van der Waals surface area contributed by atoms with Crippen molar-refractivity contribution in [1.82, 2.24) is 4.90 Å². The highest BCUT2D eigenvalue weighted by molar-refractivity contribution is 5.96. The van der Waals surface area contributed by atoms with Crippen LogP contribution in [0.2, 0.25) is 0 Å². The van der Waals surface area contributed by atoms with E-state index in [0.29, 0.717) is 11.3 Å². The highest BCUT2D eigenvalue weighted by atomic mass is 16.3. The minimum Gasteiger partial charge on any atom is -0.467 e. The summed E-state index contributed by atoms with van der Waals surface area (Å²) in [7, 11) is 1.72. The number of carbonyl (C=O) groups is 2. The molecule has 5 heteroatoms. The summed E-state index contributed by atoms with van der Waals surface area (Å²) >= 11 is 0. The Balaban J connectivity index is 2.17. The molecule has 1 atom stereocenters. The molecule has 0 aliphatic heterocycles. The summed E-state index contributed by atoms with van der Waals surface area (Å²) in [5, 5.41) is 2.67. The van der Waals surface area contributed by atoms with Gasteiger partial charge < -0.3 is 14.6 Å². The van der Waals surface area contributed by atoms with E-state index in [0.717, 1.165) is 5.76 Å². The molecule has 0 fully saturated rings. The standard InChI is InChI=1S/C16H18N2O3/c1-11(15-8-5-9-21-15)18(3)16(20)13-6-4-7-14(10-13)17-12(2)19/h4-11H,1-3H3,(H,17,19). The molecule has 1 unspecified atom stereocenters. The molecular formula is C16H18N2O3. The fourth-order valence-corrected chi connectivity index (χ4v) is 2.03. The molecule has 1 N–H and O–H groups in total. The van der Waals surface area contributed by atoms with Gasteiger partial charge in [-0.05, 0) is 37.3 Å². The number of hydrogen-bond donors (Lipinski definition) is 1. The van der Waals surface area contributed by atoms with Gasteiger partial charge in [-0.3, -0.25) is 9.59 Å². The molecule has 1 aromatic heterocycles. The summed E-state index contributed by atoms with van der Waals surface area (Å²) in [4.78, 5) is 25.2. The van der Waals surface area contributed by atoms with Crippen LogP contribution in [0.25, 0.3) is 0 Å². The Morgan fingerprint density at radius 3 is 2.62 bits per heavy atom. The molecule has 0 bridgehead atoms. The number of nitrogens with one attached hydrogen (secondary N) is 1. The number of nitrogens with zero attached hydrogens (tertiary/aromatic N) is 1. The van der Waals surface area contributed by atoms with E-state index >= 15 is 0 Å². The zero-order valence-corrected chi connectivity index (χ0v) is 12.3. The molecule has 2 aromatic rings. The van der Waals surface area contributed by atoms with Crippen LogP contribution in [-0.2, 0) is 4.79 Å². The van der Waals surface area contributed by atoms with Gasteiger partial charge in [-0.1, -0.05) is 6.07 Å². The van der Waals surface area contributed by atoms with Gasteiger partial charge in [0.2, 0.25) is 5.91 Å². The maximum atomic E-state index is 12.5. The third kappa shape index (κ3) is 3.51. The Morgan fingerprint density at radius 2 is 2.00 bits per heavy atom. The van der Waals surface area contributed by atoms with E-state index < -0.39 is 0 Å². The fourth-order valence-electron chi connectivity index (χ4n) is 2.03. The van der Waals surface area contributed by atoms with Gasteiger partial charge in [0.1, 0.15) is 5.76 Å². The highest BCUT2D eigenvalue weighted by Crippen LogP contribution is 2.22. The van der Waals surface area contributed by atoms with E-state index in [1.54, 1.807) is 48.5 Å². The second-order valence-corrected chi connectivity index (χ2v) is 4.87. The molecule has 0 saturated carbocycles. The summed E-state index contributed by atoms with van der Waals surface area (Å²) in [5.41, 5.74) is 1.12. The van der Waals surface area contributed by atoms with E-state index in [2.05, 4.69) is 5.32 Å². The zero-order chi connectivity index (χ0) is 15.4. The normalized spacial score (nSPS) is 11.8. The number of furan rings is 1. The van der Waals surface area contributed by atoms with E-state index in [-0.39, 0.29) is 17.9 Å². The van der Waals surface area contributed by atoms with Gasteiger partial charge >= 0.3 is 0 Å². The molecule has 0 aliphatic rings. The SMILES string of the molecule is CC(=O)Nc1cccc(C(=O)N(C)C(C)c2ccco2)c1. The van der Waals surface area contributed by atoms with Gasteiger partial charge in [-0.2, -0.15) is 0 Å². The van der Waals surface area contributed by atoms with Gasteiger partial charge in [0.25, 0.3) is 5.91 Å². The van der Waals surface area contributed by atoms with Crippen molar-refractivity contribution in [2.45, 2.75) is 19.9 Å². The Morgan fingerprint density at radius 1 is 1.24 bits per heavy atom. The van der Waals surface area contributed by atoms with Crippen LogP contribution in [-0.4, -0.2) is 23.8 Å². The predicted octanol–water partition coefficient (Wildman–Crippen LogP) is 3.07. The highest BCUT2D eigenvalue weighted by Gasteiger charge is 2.20. The average Bonchev–Trinajstić information content (AvgIpc) is 2.98. The molecule has 5 nitrogen and oxygen atoms in total. The summed E-state index contributed by atoms with van der Waals surface area (Å²) < 4.78 is 5.33. The topological polar surface area (TPSA) is 62.6 Å². The van der Waals surface area contributed by atoms with E-state index in [9.17, 15) is 9.59 Å². The first-order valence-corrected chi connectivity index (χ1v) is 6.67. The lowest BCUT2D eigenvalue weighted by Crippen LogP contribution is -2.29. The third-order valence-electron chi connectivity index (χ3n) is 3.29.